The van der Waals surface area contributed by atoms with Crippen LogP contribution in [0.3, 0.4) is 0 Å². The summed E-state index contributed by atoms with van der Waals surface area (Å²) in [6.45, 7) is 7.78. The molecule has 30 heavy (non-hydrogen) atoms. The summed E-state index contributed by atoms with van der Waals surface area (Å²) in [5.74, 6) is 0.102. The van der Waals surface area contributed by atoms with Gasteiger partial charge in [0.15, 0.2) is 0 Å². The van der Waals surface area contributed by atoms with Gasteiger partial charge in [0.05, 0.1) is 5.70 Å². The average molecular weight is 417 g/mol. The van der Waals surface area contributed by atoms with Crippen molar-refractivity contribution in [3.8, 4) is 17.1 Å². The van der Waals surface area contributed by atoms with E-state index in [4.69, 9.17) is 4.42 Å². The van der Waals surface area contributed by atoms with Crippen LogP contribution in [-0.4, -0.2) is 6.36 Å². The fraction of sp³-hybridized carbons (Fsp3) is 0.130. The molecule has 0 radical (unpaired) electrons. The lowest BCUT2D eigenvalue weighted by Gasteiger charge is -2.14. The largest absolute Gasteiger partial charge is 0.573 e. The number of ether oxygens (including phenoxy) is 1. The minimum atomic E-state index is -4.77. The Kier molecular flexibility index (Phi) is 6.01. The smallest absolute Gasteiger partial charge is 0.455 e. The Bertz CT molecular complexity index is 1080. The molecule has 0 spiro atoms. The normalized spacial score (nSPS) is 11.1. The van der Waals surface area contributed by atoms with Crippen molar-refractivity contribution in [2.24, 2.45) is 0 Å². The van der Waals surface area contributed by atoms with Crippen molar-refractivity contribution < 1.29 is 26.7 Å². The van der Waals surface area contributed by atoms with Crippen LogP contribution in [0.2, 0.25) is 0 Å². The Balaban J connectivity index is 1.80. The van der Waals surface area contributed by atoms with E-state index in [2.05, 4.69) is 16.6 Å². The van der Waals surface area contributed by atoms with Gasteiger partial charge in [-0.05, 0) is 67.9 Å². The lowest BCUT2D eigenvalue weighted by atomic mass is 10.1. The van der Waals surface area contributed by atoms with Gasteiger partial charge in [0.2, 0.25) is 0 Å². The van der Waals surface area contributed by atoms with Gasteiger partial charge in [-0.25, -0.2) is 4.39 Å². The van der Waals surface area contributed by atoms with Gasteiger partial charge >= 0.3 is 6.36 Å². The molecule has 3 aromatic rings. The molecule has 0 atom stereocenters. The summed E-state index contributed by atoms with van der Waals surface area (Å²) in [5, 5.41) is 3.17. The second-order valence-corrected chi connectivity index (χ2v) is 6.72. The van der Waals surface area contributed by atoms with Crippen molar-refractivity contribution in [1.29, 1.82) is 0 Å². The first-order valence-electron chi connectivity index (χ1n) is 8.98. The molecule has 0 aliphatic rings. The molecule has 0 aliphatic heterocycles. The van der Waals surface area contributed by atoms with Gasteiger partial charge in [-0.3, -0.25) is 0 Å². The molecule has 0 amide bonds. The minimum absolute atomic E-state index is 0.335. The molecule has 0 bridgehead atoms. The lowest BCUT2D eigenvalue weighted by molar-refractivity contribution is -0.274. The highest BCUT2D eigenvalue weighted by atomic mass is 19.4. The number of alkyl halides is 3. The predicted octanol–water partition coefficient (Wildman–Crippen LogP) is 7.00. The first-order valence-corrected chi connectivity index (χ1v) is 8.98. The molecule has 0 saturated carbocycles. The summed E-state index contributed by atoms with van der Waals surface area (Å²) in [4.78, 5) is 0. The van der Waals surface area contributed by atoms with Gasteiger partial charge in [-0.1, -0.05) is 24.3 Å². The number of hydrogen-bond acceptors (Lipinski definition) is 3. The standard InChI is InChI=1S/C23H19F4NO2/c1-14(2)22(16-7-9-18(24)10-8-16)28-15(3)20-11-12-21(29-20)17-5-4-6-19(13-17)30-23(25,26)27/h4-13,28H,3H2,1-2H3. The zero-order chi connectivity index (χ0) is 21.9. The molecule has 7 heteroatoms. The number of furan rings is 1. The van der Waals surface area contributed by atoms with Gasteiger partial charge in [0, 0.05) is 11.3 Å². The van der Waals surface area contributed by atoms with Gasteiger partial charge in [-0.2, -0.15) is 0 Å². The minimum Gasteiger partial charge on any atom is -0.455 e. The molecule has 156 valence electrons. The molecule has 1 N–H and O–H groups in total. The number of halogens is 4. The van der Waals surface area contributed by atoms with Crippen molar-refractivity contribution in [3.05, 3.63) is 90.0 Å². The molecular weight excluding hydrogens is 398 g/mol. The van der Waals surface area contributed by atoms with E-state index in [1.165, 1.54) is 30.3 Å². The highest BCUT2D eigenvalue weighted by molar-refractivity contribution is 5.76. The van der Waals surface area contributed by atoms with Crippen molar-refractivity contribution in [1.82, 2.24) is 5.32 Å². The fourth-order valence-electron chi connectivity index (χ4n) is 2.82. The third kappa shape index (κ3) is 5.31. The second-order valence-electron chi connectivity index (χ2n) is 6.72. The second kappa shape index (κ2) is 8.49. The van der Waals surface area contributed by atoms with Gasteiger partial charge in [0.25, 0.3) is 0 Å². The maximum absolute atomic E-state index is 13.2. The summed E-state index contributed by atoms with van der Waals surface area (Å²) < 4.78 is 60.3. The first kappa shape index (κ1) is 21.2. The van der Waals surface area contributed by atoms with Gasteiger partial charge in [-0.15, -0.1) is 13.2 Å². The maximum atomic E-state index is 13.2. The number of allylic oxidation sites excluding steroid dienone is 1. The third-order valence-corrected chi connectivity index (χ3v) is 4.16. The molecule has 1 aromatic heterocycles. The van der Waals surface area contributed by atoms with E-state index in [-0.39, 0.29) is 11.6 Å². The Morgan fingerprint density at radius 3 is 2.33 bits per heavy atom. The molecule has 1 heterocycles. The molecule has 3 nitrogen and oxygen atoms in total. The highest BCUT2D eigenvalue weighted by Crippen LogP contribution is 2.30. The molecule has 2 aromatic carbocycles. The quantitative estimate of drug-likeness (QED) is 0.439. The van der Waals surface area contributed by atoms with E-state index in [1.54, 1.807) is 30.3 Å². The zero-order valence-corrected chi connectivity index (χ0v) is 16.3. The third-order valence-electron chi connectivity index (χ3n) is 4.16. The van der Waals surface area contributed by atoms with Crippen molar-refractivity contribution >= 4 is 11.4 Å². The predicted molar refractivity (Wildman–Crippen MR) is 108 cm³/mol. The summed E-state index contributed by atoms with van der Waals surface area (Å²) >= 11 is 0. The van der Waals surface area contributed by atoms with Crippen molar-refractivity contribution in [2.75, 3.05) is 0 Å². The van der Waals surface area contributed by atoms with Crippen LogP contribution in [-0.2, 0) is 0 Å². The van der Waals surface area contributed by atoms with Crippen molar-refractivity contribution in [3.63, 3.8) is 0 Å². The van der Waals surface area contributed by atoms with Crippen LogP contribution in [0.25, 0.3) is 22.7 Å². The van der Waals surface area contributed by atoms with Crippen LogP contribution in [0.4, 0.5) is 17.6 Å². The molecule has 0 fully saturated rings. The zero-order valence-electron chi connectivity index (χ0n) is 16.3. The van der Waals surface area contributed by atoms with E-state index in [9.17, 15) is 17.6 Å². The molecule has 0 unspecified atom stereocenters. The van der Waals surface area contributed by atoms with E-state index >= 15 is 0 Å². The van der Waals surface area contributed by atoms with Crippen LogP contribution >= 0.6 is 0 Å². The van der Waals surface area contributed by atoms with Gasteiger partial charge in [0.1, 0.15) is 23.1 Å². The Morgan fingerprint density at radius 2 is 1.70 bits per heavy atom. The van der Waals surface area contributed by atoms with E-state index in [0.717, 1.165) is 16.8 Å². The Morgan fingerprint density at radius 1 is 1.00 bits per heavy atom. The van der Waals surface area contributed by atoms with Crippen LogP contribution in [0.1, 0.15) is 25.2 Å². The van der Waals surface area contributed by atoms with Crippen LogP contribution in [0, 0.1) is 5.82 Å². The molecule has 0 saturated heterocycles. The summed E-state index contributed by atoms with van der Waals surface area (Å²) in [6, 6.07) is 14.8. The Hall–Kier alpha value is -3.48. The maximum Gasteiger partial charge on any atom is 0.573 e. The highest BCUT2D eigenvalue weighted by Gasteiger charge is 2.31. The number of hydrogen-bond donors (Lipinski definition) is 1. The monoisotopic (exact) mass is 417 g/mol. The van der Waals surface area contributed by atoms with Crippen LogP contribution in [0.5, 0.6) is 5.75 Å². The number of nitrogens with one attached hydrogen (secondary N) is 1. The van der Waals surface area contributed by atoms with Crippen molar-refractivity contribution in [2.45, 2.75) is 20.2 Å². The van der Waals surface area contributed by atoms with Crippen LogP contribution < -0.4 is 10.1 Å². The topological polar surface area (TPSA) is 34.4 Å². The van der Waals surface area contributed by atoms with E-state index in [1.807, 2.05) is 13.8 Å². The molecule has 0 aliphatic carbocycles. The summed E-state index contributed by atoms with van der Waals surface area (Å²) in [5.41, 5.74) is 3.35. The summed E-state index contributed by atoms with van der Waals surface area (Å²) in [7, 11) is 0. The number of rotatable bonds is 6. The van der Waals surface area contributed by atoms with Crippen LogP contribution in [0.15, 0.2) is 77.2 Å². The SMILES string of the molecule is C=C(NC(=C(C)C)c1ccc(F)cc1)c1ccc(-c2cccc(OC(F)(F)F)c2)o1. The summed E-state index contributed by atoms with van der Waals surface area (Å²) in [6.07, 6.45) is -4.77. The van der Waals surface area contributed by atoms with E-state index in [0.29, 0.717) is 22.8 Å². The molecular formula is C23H19F4NO2. The Labute approximate surface area is 171 Å². The fourth-order valence-corrected chi connectivity index (χ4v) is 2.82. The number of benzene rings is 2. The van der Waals surface area contributed by atoms with E-state index < -0.39 is 6.36 Å². The first-order chi connectivity index (χ1) is 14.1. The van der Waals surface area contributed by atoms with Gasteiger partial charge < -0.3 is 14.5 Å². The molecule has 3 rings (SSSR count). The average Bonchev–Trinajstić information content (AvgIpc) is 3.16. The lowest BCUT2D eigenvalue weighted by Crippen LogP contribution is -2.17.